The predicted molar refractivity (Wildman–Crippen MR) is 84.9 cm³/mol. The molecular weight excluding hydrogens is 278 g/mol. The highest BCUT2D eigenvalue weighted by Gasteiger charge is 2.31. The fraction of sp³-hybridized carbons (Fsp3) is 0.278. The Morgan fingerprint density at radius 1 is 1.05 bits per heavy atom. The summed E-state index contributed by atoms with van der Waals surface area (Å²) in [5, 5.41) is 12.7. The SMILES string of the molecule is O=C(Nc1ccccc1Oc1ccccc1)C1CCCC1O. The molecule has 4 nitrogen and oxygen atoms in total. The van der Waals surface area contributed by atoms with E-state index in [9.17, 15) is 9.90 Å². The standard InChI is InChI=1S/C18H19NO3/c20-16-11-6-9-14(16)18(21)19-15-10-4-5-12-17(15)22-13-7-2-1-3-8-13/h1-5,7-8,10,12,14,16,20H,6,9,11H2,(H,19,21). The Labute approximate surface area is 129 Å². The molecule has 22 heavy (non-hydrogen) atoms. The number of ether oxygens (including phenoxy) is 1. The number of carbonyl (C=O) groups excluding carboxylic acids is 1. The lowest BCUT2D eigenvalue weighted by atomic mass is 10.1. The largest absolute Gasteiger partial charge is 0.455 e. The third-order valence-electron chi connectivity index (χ3n) is 3.93. The first-order valence-corrected chi connectivity index (χ1v) is 7.55. The number of nitrogens with one attached hydrogen (secondary N) is 1. The van der Waals surface area contributed by atoms with Gasteiger partial charge in [0.15, 0.2) is 5.75 Å². The number of carbonyl (C=O) groups is 1. The average Bonchev–Trinajstić information content (AvgIpc) is 2.96. The number of aliphatic hydroxyl groups is 1. The van der Waals surface area contributed by atoms with Gasteiger partial charge in [-0.15, -0.1) is 0 Å². The Hall–Kier alpha value is -2.33. The summed E-state index contributed by atoms with van der Waals surface area (Å²) >= 11 is 0. The van der Waals surface area contributed by atoms with E-state index in [1.165, 1.54) is 0 Å². The molecule has 2 aromatic carbocycles. The number of hydrogen-bond donors (Lipinski definition) is 2. The van der Waals surface area contributed by atoms with Gasteiger partial charge in [-0.25, -0.2) is 0 Å². The van der Waals surface area contributed by atoms with Crippen LogP contribution in [0.5, 0.6) is 11.5 Å². The van der Waals surface area contributed by atoms with Crippen LogP contribution in [0.25, 0.3) is 0 Å². The Morgan fingerprint density at radius 3 is 2.50 bits per heavy atom. The lowest BCUT2D eigenvalue weighted by Crippen LogP contribution is -2.28. The zero-order valence-corrected chi connectivity index (χ0v) is 12.2. The lowest BCUT2D eigenvalue weighted by Gasteiger charge is -2.16. The van der Waals surface area contributed by atoms with E-state index in [-0.39, 0.29) is 11.8 Å². The summed E-state index contributed by atoms with van der Waals surface area (Å²) in [7, 11) is 0. The zero-order valence-electron chi connectivity index (χ0n) is 12.2. The molecule has 1 fully saturated rings. The number of hydrogen-bond acceptors (Lipinski definition) is 3. The van der Waals surface area contributed by atoms with E-state index in [2.05, 4.69) is 5.32 Å². The molecule has 1 amide bonds. The fourth-order valence-electron chi connectivity index (χ4n) is 2.75. The number of amides is 1. The van der Waals surface area contributed by atoms with Gasteiger partial charge in [0.2, 0.25) is 5.91 Å². The molecule has 2 N–H and O–H groups in total. The van der Waals surface area contributed by atoms with Crippen molar-refractivity contribution in [3.8, 4) is 11.5 Å². The lowest BCUT2D eigenvalue weighted by molar-refractivity contribution is -0.122. The highest BCUT2D eigenvalue weighted by molar-refractivity contribution is 5.94. The van der Waals surface area contributed by atoms with Crippen LogP contribution in [0.2, 0.25) is 0 Å². The maximum Gasteiger partial charge on any atom is 0.230 e. The van der Waals surface area contributed by atoms with Crippen LogP contribution in [0.3, 0.4) is 0 Å². The van der Waals surface area contributed by atoms with Gasteiger partial charge in [-0.2, -0.15) is 0 Å². The van der Waals surface area contributed by atoms with E-state index < -0.39 is 6.10 Å². The molecule has 1 saturated carbocycles. The molecule has 1 aliphatic carbocycles. The van der Waals surface area contributed by atoms with Crippen molar-refractivity contribution < 1.29 is 14.6 Å². The van der Waals surface area contributed by atoms with Crippen molar-refractivity contribution in [2.75, 3.05) is 5.32 Å². The second-order valence-electron chi connectivity index (χ2n) is 5.51. The van der Waals surface area contributed by atoms with Gasteiger partial charge in [-0.05, 0) is 43.5 Å². The number of benzene rings is 2. The molecular formula is C18H19NO3. The Balaban J connectivity index is 1.75. The summed E-state index contributed by atoms with van der Waals surface area (Å²) in [6.45, 7) is 0. The van der Waals surface area contributed by atoms with Crippen molar-refractivity contribution in [1.29, 1.82) is 0 Å². The maximum atomic E-state index is 12.3. The van der Waals surface area contributed by atoms with E-state index >= 15 is 0 Å². The first-order valence-electron chi connectivity index (χ1n) is 7.55. The third kappa shape index (κ3) is 3.28. The van der Waals surface area contributed by atoms with Gasteiger partial charge >= 0.3 is 0 Å². The number of rotatable bonds is 4. The molecule has 0 saturated heterocycles. The smallest absolute Gasteiger partial charge is 0.230 e. The van der Waals surface area contributed by atoms with Crippen LogP contribution < -0.4 is 10.1 Å². The molecule has 0 heterocycles. The summed E-state index contributed by atoms with van der Waals surface area (Å²) in [4.78, 5) is 12.3. The van der Waals surface area contributed by atoms with E-state index in [0.29, 0.717) is 23.6 Å². The summed E-state index contributed by atoms with van der Waals surface area (Å²) in [6.07, 6.45) is 1.78. The van der Waals surface area contributed by atoms with Crippen LogP contribution in [0.1, 0.15) is 19.3 Å². The highest BCUT2D eigenvalue weighted by Crippen LogP contribution is 2.31. The van der Waals surface area contributed by atoms with Gasteiger partial charge in [0.1, 0.15) is 5.75 Å². The van der Waals surface area contributed by atoms with Crippen LogP contribution in [-0.4, -0.2) is 17.1 Å². The number of para-hydroxylation sites is 3. The molecule has 3 rings (SSSR count). The van der Waals surface area contributed by atoms with Crippen molar-refractivity contribution in [2.45, 2.75) is 25.4 Å². The van der Waals surface area contributed by atoms with Crippen molar-refractivity contribution >= 4 is 11.6 Å². The second kappa shape index (κ2) is 6.62. The van der Waals surface area contributed by atoms with Crippen LogP contribution in [-0.2, 0) is 4.79 Å². The van der Waals surface area contributed by atoms with E-state index in [4.69, 9.17) is 4.74 Å². The summed E-state index contributed by atoms with van der Waals surface area (Å²) in [5.74, 6) is 0.832. The Morgan fingerprint density at radius 2 is 1.77 bits per heavy atom. The molecule has 114 valence electrons. The topological polar surface area (TPSA) is 58.6 Å². The van der Waals surface area contributed by atoms with Crippen LogP contribution in [0, 0.1) is 5.92 Å². The summed E-state index contributed by atoms with van der Waals surface area (Å²) < 4.78 is 5.82. The van der Waals surface area contributed by atoms with Gasteiger partial charge < -0.3 is 15.2 Å². The summed E-state index contributed by atoms with van der Waals surface area (Å²) in [6, 6.07) is 16.7. The van der Waals surface area contributed by atoms with Gasteiger partial charge in [0, 0.05) is 0 Å². The quantitative estimate of drug-likeness (QED) is 0.907. The van der Waals surface area contributed by atoms with Gasteiger partial charge in [-0.3, -0.25) is 4.79 Å². The molecule has 0 radical (unpaired) electrons. The monoisotopic (exact) mass is 297 g/mol. The van der Waals surface area contributed by atoms with E-state index in [1.807, 2.05) is 48.5 Å². The zero-order chi connectivity index (χ0) is 15.4. The van der Waals surface area contributed by atoms with E-state index in [0.717, 1.165) is 12.8 Å². The second-order valence-corrected chi connectivity index (χ2v) is 5.51. The van der Waals surface area contributed by atoms with Crippen LogP contribution >= 0.6 is 0 Å². The Bertz CT molecular complexity index is 642. The van der Waals surface area contributed by atoms with Gasteiger partial charge in [0.25, 0.3) is 0 Å². The molecule has 0 aromatic heterocycles. The highest BCUT2D eigenvalue weighted by atomic mass is 16.5. The Kier molecular flexibility index (Phi) is 4.39. The molecule has 0 aliphatic heterocycles. The molecule has 2 unspecified atom stereocenters. The first kappa shape index (κ1) is 14.6. The molecule has 0 bridgehead atoms. The van der Waals surface area contributed by atoms with Crippen molar-refractivity contribution in [2.24, 2.45) is 5.92 Å². The van der Waals surface area contributed by atoms with Crippen molar-refractivity contribution in [1.82, 2.24) is 0 Å². The minimum absolute atomic E-state index is 0.144. The average molecular weight is 297 g/mol. The molecule has 4 heteroatoms. The third-order valence-corrected chi connectivity index (χ3v) is 3.93. The number of aliphatic hydroxyl groups excluding tert-OH is 1. The molecule has 1 aliphatic rings. The van der Waals surface area contributed by atoms with E-state index in [1.54, 1.807) is 6.07 Å². The molecule has 2 atom stereocenters. The number of anilines is 1. The normalized spacial score (nSPS) is 20.6. The molecule has 2 aromatic rings. The van der Waals surface area contributed by atoms with Gasteiger partial charge in [0.05, 0.1) is 17.7 Å². The first-order chi connectivity index (χ1) is 10.7. The molecule has 0 spiro atoms. The fourth-order valence-corrected chi connectivity index (χ4v) is 2.75. The van der Waals surface area contributed by atoms with Crippen LogP contribution in [0.4, 0.5) is 5.69 Å². The maximum absolute atomic E-state index is 12.3. The minimum Gasteiger partial charge on any atom is -0.455 e. The van der Waals surface area contributed by atoms with Gasteiger partial charge in [-0.1, -0.05) is 30.3 Å². The van der Waals surface area contributed by atoms with Crippen molar-refractivity contribution in [3.63, 3.8) is 0 Å². The minimum atomic E-state index is -0.540. The summed E-state index contributed by atoms with van der Waals surface area (Å²) in [5.41, 5.74) is 0.621. The van der Waals surface area contributed by atoms with Crippen LogP contribution in [0.15, 0.2) is 54.6 Å². The van der Waals surface area contributed by atoms with Crippen molar-refractivity contribution in [3.05, 3.63) is 54.6 Å². The predicted octanol–water partition coefficient (Wildman–Crippen LogP) is 3.58.